The van der Waals surface area contributed by atoms with Gasteiger partial charge in [-0.1, -0.05) is 12.0 Å². The van der Waals surface area contributed by atoms with E-state index in [1.165, 1.54) is 31.3 Å². The number of nitrogens with one attached hydrogen (secondary N) is 1. The quantitative estimate of drug-likeness (QED) is 0.459. The van der Waals surface area contributed by atoms with E-state index in [4.69, 9.17) is 0 Å². The van der Waals surface area contributed by atoms with Crippen molar-refractivity contribution in [2.45, 2.75) is 45.6 Å². The highest BCUT2D eigenvalue weighted by atomic mass is 14.8. The molecular weight excluding hydrogens is 134 g/mol. The predicted octanol–water partition coefficient (Wildman–Crippen LogP) is 2.73. The van der Waals surface area contributed by atoms with Crippen LogP contribution in [0.4, 0.5) is 0 Å². The molecular formula is C10H21N. The van der Waals surface area contributed by atoms with E-state index in [1.54, 1.807) is 0 Å². The number of unbranched alkanes of at least 4 members (excludes halogenated alkanes) is 1. The van der Waals surface area contributed by atoms with Crippen molar-refractivity contribution in [3.05, 3.63) is 12.2 Å². The van der Waals surface area contributed by atoms with Gasteiger partial charge in [0.1, 0.15) is 0 Å². The fourth-order valence-electron chi connectivity index (χ4n) is 1.02. The van der Waals surface area contributed by atoms with Crippen LogP contribution in [0.25, 0.3) is 0 Å². The third-order valence-corrected chi connectivity index (χ3v) is 1.98. The molecule has 66 valence electrons. The van der Waals surface area contributed by atoms with Gasteiger partial charge >= 0.3 is 0 Å². The molecule has 0 spiro atoms. The van der Waals surface area contributed by atoms with Crippen LogP contribution in [0, 0.1) is 0 Å². The normalized spacial score (nSPS) is 13.0. The van der Waals surface area contributed by atoms with Crippen LogP contribution in [0.2, 0.25) is 0 Å². The molecule has 0 rings (SSSR count). The van der Waals surface area contributed by atoms with Crippen LogP contribution >= 0.6 is 0 Å². The minimum absolute atomic E-state index is 0.667. The summed E-state index contributed by atoms with van der Waals surface area (Å²) < 4.78 is 0. The molecule has 1 atom stereocenters. The summed E-state index contributed by atoms with van der Waals surface area (Å²) >= 11 is 0. The fourth-order valence-corrected chi connectivity index (χ4v) is 1.02. The van der Waals surface area contributed by atoms with Crippen LogP contribution in [0.15, 0.2) is 12.2 Å². The highest BCUT2D eigenvalue weighted by Gasteiger charge is 1.96. The van der Waals surface area contributed by atoms with Crippen molar-refractivity contribution >= 4 is 0 Å². The summed E-state index contributed by atoms with van der Waals surface area (Å²) in [5, 5.41) is 3.23. The van der Waals surface area contributed by atoms with Crippen LogP contribution in [0.3, 0.4) is 0 Å². The first kappa shape index (κ1) is 10.7. The Labute approximate surface area is 70.9 Å². The first-order chi connectivity index (χ1) is 5.16. The topological polar surface area (TPSA) is 12.0 Å². The first-order valence-corrected chi connectivity index (χ1v) is 4.48. The van der Waals surface area contributed by atoms with E-state index in [-0.39, 0.29) is 0 Å². The lowest BCUT2D eigenvalue weighted by Gasteiger charge is -2.08. The SMILES string of the molecule is C=C(C)CCCCC(C)NC. The molecule has 0 heterocycles. The van der Waals surface area contributed by atoms with E-state index in [0.29, 0.717) is 6.04 Å². The van der Waals surface area contributed by atoms with Crippen molar-refractivity contribution in [2.24, 2.45) is 0 Å². The summed E-state index contributed by atoms with van der Waals surface area (Å²) in [7, 11) is 2.02. The van der Waals surface area contributed by atoms with E-state index in [0.717, 1.165) is 0 Å². The fraction of sp³-hybridized carbons (Fsp3) is 0.800. The molecule has 1 N–H and O–H groups in total. The van der Waals surface area contributed by atoms with Crippen LogP contribution < -0.4 is 5.32 Å². The number of hydrogen-bond donors (Lipinski definition) is 1. The number of allylic oxidation sites excluding steroid dienone is 1. The highest BCUT2D eigenvalue weighted by molar-refractivity contribution is 4.87. The van der Waals surface area contributed by atoms with Crippen molar-refractivity contribution in [1.82, 2.24) is 5.32 Å². The molecule has 0 aromatic heterocycles. The van der Waals surface area contributed by atoms with Gasteiger partial charge in [0.25, 0.3) is 0 Å². The predicted molar refractivity (Wildman–Crippen MR) is 51.8 cm³/mol. The third kappa shape index (κ3) is 7.60. The van der Waals surface area contributed by atoms with Gasteiger partial charge in [-0.2, -0.15) is 0 Å². The molecule has 0 aliphatic rings. The molecule has 0 radical (unpaired) electrons. The molecule has 0 fully saturated rings. The standard InChI is InChI=1S/C10H21N/c1-9(2)7-5-6-8-10(3)11-4/h10-11H,1,5-8H2,2-4H3. The second-order valence-electron chi connectivity index (χ2n) is 3.39. The van der Waals surface area contributed by atoms with Crippen molar-refractivity contribution in [1.29, 1.82) is 0 Å². The smallest absolute Gasteiger partial charge is 0.00357 e. The van der Waals surface area contributed by atoms with E-state index in [9.17, 15) is 0 Å². The molecule has 0 amide bonds. The zero-order chi connectivity index (χ0) is 8.69. The Kier molecular flexibility index (Phi) is 6.24. The first-order valence-electron chi connectivity index (χ1n) is 4.48. The van der Waals surface area contributed by atoms with Crippen LogP contribution in [0.5, 0.6) is 0 Å². The van der Waals surface area contributed by atoms with E-state index in [2.05, 4.69) is 25.7 Å². The maximum Gasteiger partial charge on any atom is 0.00357 e. The van der Waals surface area contributed by atoms with Crippen molar-refractivity contribution in [3.63, 3.8) is 0 Å². The zero-order valence-corrected chi connectivity index (χ0v) is 8.11. The average Bonchev–Trinajstić information content (AvgIpc) is 1.97. The van der Waals surface area contributed by atoms with Crippen molar-refractivity contribution < 1.29 is 0 Å². The summed E-state index contributed by atoms with van der Waals surface area (Å²) in [5.74, 6) is 0. The monoisotopic (exact) mass is 155 g/mol. The van der Waals surface area contributed by atoms with Gasteiger partial charge in [0.15, 0.2) is 0 Å². The van der Waals surface area contributed by atoms with Gasteiger partial charge in [-0.05, 0) is 40.2 Å². The zero-order valence-electron chi connectivity index (χ0n) is 8.11. The van der Waals surface area contributed by atoms with Gasteiger partial charge in [0.2, 0.25) is 0 Å². The van der Waals surface area contributed by atoms with Crippen molar-refractivity contribution in [2.75, 3.05) is 7.05 Å². The van der Waals surface area contributed by atoms with E-state index < -0.39 is 0 Å². The van der Waals surface area contributed by atoms with Gasteiger partial charge in [-0.3, -0.25) is 0 Å². The molecule has 0 aliphatic heterocycles. The minimum atomic E-state index is 0.667. The van der Waals surface area contributed by atoms with Crippen LogP contribution in [0.1, 0.15) is 39.5 Å². The Hall–Kier alpha value is -0.300. The van der Waals surface area contributed by atoms with Crippen molar-refractivity contribution in [3.8, 4) is 0 Å². The summed E-state index contributed by atoms with van der Waals surface area (Å²) in [5.41, 5.74) is 1.31. The van der Waals surface area contributed by atoms with Gasteiger partial charge in [-0.25, -0.2) is 0 Å². The molecule has 1 unspecified atom stereocenters. The van der Waals surface area contributed by atoms with E-state index >= 15 is 0 Å². The molecule has 11 heavy (non-hydrogen) atoms. The minimum Gasteiger partial charge on any atom is -0.317 e. The maximum absolute atomic E-state index is 3.88. The van der Waals surface area contributed by atoms with Gasteiger partial charge in [-0.15, -0.1) is 6.58 Å². The lowest BCUT2D eigenvalue weighted by Crippen LogP contribution is -2.20. The van der Waals surface area contributed by atoms with Crippen LogP contribution in [-0.4, -0.2) is 13.1 Å². The Balaban J connectivity index is 3.08. The summed E-state index contributed by atoms with van der Waals surface area (Å²) in [6.07, 6.45) is 5.08. The Morgan fingerprint density at radius 3 is 2.55 bits per heavy atom. The second-order valence-corrected chi connectivity index (χ2v) is 3.39. The lowest BCUT2D eigenvalue weighted by atomic mass is 10.1. The lowest BCUT2D eigenvalue weighted by molar-refractivity contribution is 0.528. The molecule has 0 saturated carbocycles. The molecule has 0 saturated heterocycles. The second kappa shape index (κ2) is 6.41. The average molecular weight is 155 g/mol. The Morgan fingerprint density at radius 1 is 1.45 bits per heavy atom. The van der Waals surface area contributed by atoms with Crippen LogP contribution in [-0.2, 0) is 0 Å². The molecule has 1 nitrogen and oxygen atoms in total. The number of hydrogen-bond acceptors (Lipinski definition) is 1. The summed E-state index contributed by atoms with van der Waals surface area (Å²) in [4.78, 5) is 0. The maximum atomic E-state index is 3.88. The van der Waals surface area contributed by atoms with Gasteiger partial charge in [0.05, 0.1) is 0 Å². The Bertz CT molecular complexity index is 107. The van der Waals surface area contributed by atoms with E-state index in [1.807, 2.05) is 7.05 Å². The summed E-state index contributed by atoms with van der Waals surface area (Å²) in [6, 6.07) is 0.667. The largest absolute Gasteiger partial charge is 0.317 e. The summed E-state index contributed by atoms with van der Waals surface area (Å²) in [6.45, 7) is 8.20. The molecule has 0 aromatic carbocycles. The highest BCUT2D eigenvalue weighted by Crippen LogP contribution is 2.07. The number of rotatable bonds is 6. The Morgan fingerprint density at radius 2 is 2.09 bits per heavy atom. The molecule has 0 bridgehead atoms. The van der Waals surface area contributed by atoms with Gasteiger partial charge in [0, 0.05) is 6.04 Å². The molecule has 1 heteroatoms. The molecule has 0 aliphatic carbocycles. The third-order valence-electron chi connectivity index (χ3n) is 1.98. The van der Waals surface area contributed by atoms with Gasteiger partial charge < -0.3 is 5.32 Å². The molecule has 0 aromatic rings.